The Labute approximate surface area is 185 Å². The van der Waals surface area contributed by atoms with Gasteiger partial charge in [-0.25, -0.2) is 8.42 Å². The van der Waals surface area contributed by atoms with Gasteiger partial charge in [0.05, 0.1) is 32.2 Å². The van der Waals surface area contributed by atoms with E-state index in [9.17, 15) is 13.2 Å². The number of rotatable bonds is 10. The van der Waals surface area contributed by atoms with Crippen LogP contribution in [0.4, 0.5) is 5.69 Å². The number of benzene rings is 2. The van der Waals surface area contributed by atoms with Crippen molar-refractivity contribution in [3.05, 3.63) is 53.1 Å². The molecule has 0 aliphatic rings. The van der Waals surface area contributed by atoms with Crippen molar-refractivity contribution < 1.29 is 22.7 Å². The van der Waals surface area contributed by atoms with Gasteiger partial charge in [-0.05, 0) is 62.6 Å². The summed E-state index contributed by atoms with van der Waals surface area (Å²) in [5.74, 6) is 1.17. The van der Waals surface area contributed by atoms with E-state index in [1.807, 2.05) is 39.0 Å². The molecule has 31 heavy (non-hydrogen) atoms. The van der Waals surface area contributed by atoms with Crippen LogP contribution in [0.5, 0.6) is 11.5 Å². The maximum absolute atomic E-state index is 12.5. The molecule has 0 fully saturated rings. The number of methoxy groups -OCH3 is 2. The van der Waals surface area contributed by atoms with Gasteiger partial charge in [0.1, 0.15) is 11.5 Å². The SMILES string of the molecule is COc1ccc(OC)c(C(C)NC(=O)CCCN(c2cccc(C)c2C)S(C)(=O)=O)c1. The molecule has 8 heteroatoms. The molecule has 0 saturated heterocycles. The van der Waals surface area contributed by atoms with Crippen LogP contribution in [0.2, 0.25) is 0 Å². The summed E-state index contributed by atoms with van der Waals surface area (Å²) in [6.45, 7) is 5.95. The fraction of sp³-hybridized carbons (Fsp3) is 0.435. The van der Waals surface area contributed by atoms with E-state index in [0.717, 1.165) is 16.7 Å². The molecule has 1 unspecified atom stereocenters. The van der Waals surface area contributed by atoms with Gasteiger partial charge in [0.25, 0.3) is 0 Å². The first-order valence-corrected chi connectivity index (χ1v) is 12.0. The number of aryl methyl sites for hydroxylation is 1. The molecule has 2 aromatic carbocycles. The number of nitrogens with zero attached hydrogens (tertiary/aromatic N) is 1. The first-order valence-electron chi connectivity index (χ1n) is 10.1. The summed E-state index contributed by atoms with van der Waals surface area (Å²) in [6, 6.07) is 10.7. The normalized spacial score (nSPS) is 12.2. The molecule has 7 nitrogen and oxygen atoms in total. The summed E-state index contributed by atoms with van der Waals surface area (Å²) in [7, 11) is -0.309. The largest absolute Gasteiger partial charge is 0.497 e. The lowest BCUT2D eigenvalue weighted by atomic mass is 10.1. The number of amides is 1. The lowest BCUT2D eigenvalue weighted by Gasteiger charge is -2.25. The van der Waals surface area contributed by atoms with Crippen LogP contribution in [-0.2, 0) is 14.8 Å². The van der Waals surface area contributed by atoms with E-state index in [-0.39, 0.29) is 24.9 Å². The number of nitrogens with one attached hydrogen (secondary N) is 1. The molecule has 0 aliphatic carbocycles. The van der Waals surface area contributed by atoms with Gasteiger partial charge < -0.3 is 14.8 Å². The van der Waals surface area contributed by atoms with Crippen LogP contribution >= 0.6 is 0 Å². The second-order valence-corrected chi connectivity index (χ2v) is 9.46. The van der Waals surface area contributed by atoms with E-state index in [1.165, 1.54) is 10.6 Å². The van der Waals surface area contributed by atoms with E-state index in [2.05, 4.69) is 5.32 Å². The zero-order valence-corrected chi connectivity index (χ0v) is 19.9. The molecule has 0 spiro atoms. The van der Waals surface area contributed by atoms with E-state index in [0.29, 0.717) is 23.6 Å². The summed E-state index contributed by atoms with van der Waals surface area (Å²) in [5, 5.41) is 2.95. The molecule has 170 valence electrons. The Hall–Kier alpha value is -2.74. The number of hydrogen-bond acceptors (Lipinski definition) is 5. The molecule has 2 aromatic rings. The Kier molecular flexibility index (Phi) is 8.33. The van der Waals surface area contributed by atoms with Crippen LogP contribution in [0.3, 0.4) is 0 Å². The van der Waals surface area contributed by atoms with Gasteiger partial charge in [-0.1, -0.05) is 12.1 Å². The first kappa shape index (κ1) is 24.5. The maximum Gasteiger partial charge on any atom is 0.232 e. The maximum atomic E-state index is 12.5. The third-order valence-electron chi connectivity index (χ3n) is 5.29. The Bertz CT molecular complexity index is 1020. The molecule has 0 radical (unpaired) electrons. The predicted octanol–water partition coefficient (Wildman–Crippen LogP) is 3.74. The zero-order valence-electron chi connectivity index (χ0n) is 19.1. The van der Waals surface area contributed by atoms with Crippen molar-refractivity contribution in [3.63, 3.8) is 0 Å². The van der Waals surface area contributed by atoms with E-state index < -0.39 is 10.0 Å². The van der Waals surface area contributed by atoms with Gasteiger partial charge in [0.2, 0.25) is 15.9 Å². The van der Waals surface area contributed by atoms with Gasteiger partial charge in [0, 0.05) is 18.5 Å². The quantitative estimate of drug-likeness (QED) is 0.598. The third-order valence-corrected chi connectivity index (χ3v) is 6.47. The van der Waals surface area contributed by atoms with E-state index in [1.54, 1.807) is 32.4 Å². The molecule has 0 saturated carbocycles. The molecule has 1 atom stereocenters. The highest BCUT2D eigenvalue weighted by Crippen LogP contribution is 2.29. The molecule has 1 N–H and O–H groups in total. The standard InChI is InChI=1S/C23H32N2O5S/c1-16-9-7-10-21(17(16)2)25(31(6,27)28)14-8-11-23(26)24-18(3)20-15-19(29-4)12-13-22(20)30-5/h7,9-10,12-13,15,18H,8,11,14H2,1-6H3,(H,24,26). The van der Waals surface area contributed by atoms with Crippen molar-refractivity contribution in [1.82, 2.24) is 5.32 Å². The van der Waals surface area contributed by atoms with Crippen molar-refractivity contribution in [2.75, 3.05) is 31.3 Å². The topological polar surface area (TPSA) is 84.9 Å². The fourth-order valence-electron chi connectivity index (χ4n) is 3.42. The number of hydrogen-bond donors (Lipinski definition) is 1. The Morgan fingerprint density at radius 3 is 2.45 bits per heavy atom. The lowest BCUT2D eigenvalue weighted by Crippen LogP contribution is -2.33. The molecule has 0 bridgehead atoms. The van der Waals surface area contributed by atoms with Crippen molar-refractivity contribution in [1.29, 1.82) is 0 Å². The Morgan fingerprint density at radius 2 is 1.84 bits per heavy atom. The summed E-state index contributed by atoms with van der Waals surface area (Å²) >= 11 is 0. The second-order valence-electron chi connectivity index (χ2n) is 7.55. The van der Waals surface area contributed by atoms with Crippen LogP contribution in [0.25, 0.3) is 0 Å². The molecular weight excluding hydrogens is 416 g/mol. The Morgan fingerprint density at radius 1 is 1.13 bits per heavy atom. The fourth-order valence-corrected chi connectivity index (χ4v) is 4.44. The van der Waals surface area contributed by atoms with Crippen LogP contribution in [0.1, 0.15) is 42.5 Å². The zero-order chi connectivity index (χ0) is 23.2. The predicted molar refractivity (Wildman–Crippen MR) is 123 cm³/mol. The highest BCUT2D eigenvalue weighted by molar-refractivity contribution is 7.92. The van der Waals surface area contributed by atoms with Crippen molar-refractivity contribution in [3.8, 4) is 11.5 Å². The van der Waals surface area contributed by atoms with Gasteiger partial charge >= 0.3 is 0 Å². The van der Waals surface area contributed by atoms with Crippen LogP contribution < -0.4 is 19.1 Å². The minimum atomic E-state index is -3.47. The summed E-state index contributed by atoms with van der Waals surface area (Å²) < 4.78 is 36.8. The molecule has 0 aromatic heterocycles. The molecule has 0 heterocycles. The monoisotopic (exact) mass is 448 g/mol. The van der Waals surface area contributed by atoms with Crippen LogP contribution in [-0.4, -0.2) is 41.3 Å². The molecule has 1 amide bonds. The second kappa shape index (κ2) is 10.5. The smallest absolute Gasteiger partial charge is 0.232 e. The third kappa shape index (κ3) is 6.37. The van der Waals surface area contributed by atoms with Crippen molar-refractivity contribution in [2.24, 2.45) is 0 Å². The summed E-state index contributed by atoms with van der Waals surface area (Å²) in [6.07, 6.45) is 1.79. The molecule has 0 aliphatic heterocycles. The number of anilines is 1. The first-order chi connectivity index (χ1) is 14.6. The number of ether oxygens (including phenoxy) is 2. The van der Waals surface area contributed by atoms with Crippen LogP contribution in [0.15, 0.2) is 36.4 Å². The minimum absolute atomic E-state index is 0.160. The number of carbonyl (C=O) groups is 1. The average molecular weight is 449 g/mol. The Balaban J connectivity index is 2.04. The van der Waals surface area contributed by atoms with E-state index in [4.69, 9.17) is 9.47 Å². The van der Waals surface area contributed by atoms with Crippen molar-refractivity contribution in [2.45, 2.75) is 39.7 Å². The highest BCUT2D eigenvalue weighted by Gasteiger charge is 2.20. The highest BCUT2D eigenvalue weighted by atomic mass is 32.2. The molecular formula is C23H32N2O5S. The van der Waals surface area contributed by atoms with Crippen molar-refractivity contribution >= 4 is 21.6 Å². The van der Waals surface area contributed by atoms with Gasteiger partial charge in [0.15, 0.2) is 0 Å². The van der Waals surface area contributed by atoms with Gasteiger partial charge in [-0.3, -0.25) is 9.10 Å². The minimum Gasteiger partial charge on any atom is -0.497 e. The van der Waals surface area contributed by atoms with Gasteiger partial charge in [-0.2, -0.15) is 0 Å². The average Bonchev–Trinajstić information content (AvgIpc) is 2.72. The number of sulfonamides is 1. The summed E-state index contributed by atoms with van der Waals surface area (Å²) in [4.78, 5) is 12.5. The van der Waals surface area contributed by atoms with E-state index >= 15 is 0 Å². The lowest BCUT2D eigenvalue weighted by molar-refractivity contribution is -0.121. The summed E-state index contributed by atoms with van der Waals surface area (Å²) in [5.41, 5.74) is 3.39. The van der Waals surface area contributed by atoms with Crippen LogP contribution in [0, 0.1) is 13.8 Å². The molecule has 2 rings (SSSR count). The van der Waals surface area contributed by atoms with Gasteiger partial charge in [-0.15, -0.1) is 0 Å². The number of carbonyl (C=O) groups excluding carboxylic acids is 1.